The Morgan fingerprint density at radius 3 is 2.53 bits per heavy atom. The first-order chi connectivity index (χ1) is 15.9. The molecular weight excluding hydrogens is 392 g/mol. The monoisotopic (exact) mass is 412 g/mol. The van der Waals surface area contributed by atoms with Crippen LogP contribution in [0, 0.1) is 0 Å². The molecule has 0 amide bonds. The summed E-state index contributed by atoms with van der Waals surface area (Å²) >= 11 is 0. The summed E-state index contributed by atoms with van der Waals surface area (Å²) in [7, 11) is 0. The minimum atomic E-state index is 0.809. The molecule has 7 rings (SSSR count). The molecule has 1 N–H and O–H groups in total. The smallest absolute Gasteiger partial charge is 0.143 e. The highest BCUT2D eigenvalue weighted by atomic mass is 16.3. The van der Waals surface area contributed by atoms with E-state index in [1.54, 1.807) is 0 Å². The standard InChI is InChI=1S/C29H20N2O/c1-3-13-26-22(9-1)23-15-16-30-18-27(23)31(26)20-8-5-7-19(17-20)21-11-6-12-25-24-10-2-4-14-28(24)32-29(21)25/h1-17,30H,18H2. The third kappa shape index (κ3) is 2.42. The van der Waals surface area contributed by atoms with E-state index in [2.05, 4.69) is 94.8 Å². The molecule has 0 spiro atoms. The van der Waals surface area contributed by atoms with Crippen molar-refractivity contribution in [2.45, 2.75) is 6.54 Å². The van der Waals surface area contributed by atoms with E-state index in [4.69, 9.17) is 4.42 Å². The SMILES string of the molecule is C1=Cc2c(n(-c3cccc(-c4cccc5c4oc4ccccc45)c3)c3ccccc23)CN1. The first-order valence-corrected chi connectivity index (χ1v) is 10.9. The Hall–Kier alpha value is -4.24. The summed E-state index contributed by atoms with van der Waals surface area (Å²) in [5.74, 6) is 0. The number of rotatable bonds is 2. The van der Waals surface area contributed by atoms with E-state index in [1.807, 2.05) is 18.3 Å². The van der Waals surface area contributed by atoms with Crippen LogP contribution in [-0.4, -0.2) is 4.57 Å². The molecule has 3 heterocycles. The zero-order valence-corrected chi connectivity index (χ0v) is 17.4. The van der Waals surface area contributed by atoms with Crippen molar-refractivity contribution in [1.29, 1.82) is 0 Å². The molecule has 0 fully saturated rings. The quantitative estimate of drug-likeness (QED) is 0.324. The predicted molar refractivity (Wildman–Crippen MR) is 132 cm³/mol. The highest BCUT2D eigenvalue weighted by Crippen LogP contribution is 2.37. The molecule has 32 heavy (non-hydrogen) atoms. The third-order valence-electron chi connectivity index (χ3n) is 6.47. The van der Waals surface area contributed by atoms with Gasteiger partial charge < -0.3 is 14.3 Å². The summed E-state index contributed by atoms with van der Waals surface area (Å²) in [6, 6.07) is 32.1. The van der Waals surface area contributed by atoms with Gasteiger partial charge in [-0.25, -0.2) is 0 Å². The zero-order valence-electron chi connectivity index (χ0n) is 17.4. The molecule has 1 aliphatic heterocycles. The Morgan fingerprint density at radius 1 is 0.750 bits per heavy atom. The van der Waals surface area contributed by atoms with Gasteiger partial charge in [-0.05, 0) is 42.1 Å². The van der Waals surface area contributed by atoms with E-state index in [0.29, 0.717) is 0 Å². The predicted octanol–water partition coefficient (Wildman–Crippen LogP) is 7.27. The molecule has 3 heteroatoms. The summed E-state index contributed by atoms with van der Waals surface area (Å²) in [6.07, 6.45) is 4.22. The van der Waals surface area contributed by atoms with Crippen LogP contribution in [0.3, 0.4) is 0 Å². The fourth-order valence-corrected chi connectivity index (χ4v) is 5.06. The van der Waals surface area contributed by atoms with Gasteiger partial charge in [0.25, 0.3) is 0 Å². The average molecular weight is 412 g/mol. The van der Waals surface area contributed by atoms with Crippen molar-refractivity contribution in [2.75, 3.05) is 0 Å². The molecule has 0 saturated carbocycles. The Balaban J connectivity index is 1.48. The van der Waals surface area contributed by atoms with Gasteiger partial charge in [-0.3, -0.25) is 0 Å². The van der Waals surface area contributed by atoms with Crippen molar-refractivity contribution in [1.82, 2.24) is 9.88 Å². The summed E-state index contributed by atoms with van der Waals surface area (Å²) in [4.78, 5) is 0. The van der Waals surface area contributed by atoms with E-state index < -0.39 is 0 Å². The zero-order chi connectivity index (χ0) is 21.1. The average Bonchev–Trinajstić information content (AvgIpc) is 3.40. The number of aromatic nitrogens is 1. The van der Waals surface area contributed by atoms with Crippen molar-refractivity contribution >= 4 is 38.9 Å². The lowest BCUT2D eigenvalue weighted by Gasteiger charge is -2.15. The van der Waals surface area contributed by atoms with Crippen LogP contribution in [0.1, 0.15) is 11.3 Å². The van der Waals surface area contributed by atoms with Crippen molar-refractivity contribution in [2.24, 2.45) is 0 Å². The first kappa shape index (κ1) is 17.4. The van der Waals surface area contributed by atoms with E-state index in [9.17, 15) is 0 Å². The number of hydrogen-bond acceptors (Lipinski definition) is 2. The third-order valence-corrected chi connectivity index (χ3v) is 6.47. The summed E-state index contributed by atoms with van der Waals surface area (Å²) in [5, 5.41) is 6.97. The molecule has 0 bridgehead atoms. The largest absolute Gasteiger partial charge is 0.455 e. The molecular formula is C29H20N2O. The van der Waals surface area contributed by atoms with Crippen molar-refractivity contribution < 1.29 is 4.42 Å². The van der Waals surface area contributed by atoms with Gasteiger partial charge in [0.2, 0.25) is 0 Å². The van der Waals surface area contributed by atoms with Crippen LogP contribution in [0.15, 0.2) is 102 Å². The molecule has 0 aliphatic carbocycles. The fraction of sp³-hybridized carbons (Fsp3) is 0.0345. The topological polar surface area (TPSA) is 30.1 Å². The summed E-state index contributed by atoms with van der Waals surface area (Å²) in [5.41, 5.74) is 9.10. The molecule has 6 aromatic rings. The van der Waals surface area contributed by atoms with E-state index in [0.717, 1.165) is 45.3 Å². The lowest BCUT2D eigenvalue weighted by molar-refractivity contribution is 0.670. The number of nitrogens with zero attached hydrogens (tertiary/aromatic N) is 1. The van der Waals surface area contributed by atoms with Crippen LogP contribution in [0.5, 0.6) is 0 Å². The molecule has 2 aromatic heterocycles. The van der Waals surface area contributed by atoms with Gasteiger partial charge in [0.1, 0.15) is 11.2 Å². The molecule has 0 atom stereocenters. The minimum absolute atomic E-state index is 0.809. The van der Waals surface area contributed by atoms with Crippen molar-refractivity contribution in [3.63, 3.8) is 0 Å². The van der Waals surface area contributed by atoms with Crippen LogP contribution in [0.2, 0.25) is 0 Å². The fourth-order valence-electron chi connectivity index (χ4n) is 5.06. The van der Waals surface area contributed by atoms with Crippen LogP contribution in [0.25, 0.3) is 55.7 Å². The number of fused-ring (bicyclic) bond motifs is 6. The van der Waals surface area contributed by atoms with Gasteiger partial charge in [0.05, 0.1) is 17.8 Å². The number of hydrogen-bond donors (Lipinski definition) is 1. The lowest BCUT2D eigenvalue weighted by atomic mass is 10.0. The number of furan rings is 1. The van der Waals surface area contributed by atoms with Crippen LogP contribution < -0.4 is 5.32 Å². The maximum atomic E-state index is 6.30. The maximum absolute atomic E-state index is 6.30. The van der Waals surface area contributed by atoms with Gasteiger partial charge >= 0.3 is 0 Å². The van der Waals surface area contributed by atoms with Gasteiger partial charge in [-0.2, -0.15) is 0 Å². The minimum Gasteiger partial charge on any atom is -0.455 e. The van der Waals surface area contributed by atoms with Crippen LogP contribution in [-0.2, 0) is 6.54 Å². The van der Waals surface area contributed by atoms with Gasteiger partial charge in [0, 0.05) is 33.0 Å². The number of benzene rings is 4. The lowest BCUT2D eigenvalue weighted by Crippen LogP contribution is -2.13. The van der Waals surface area contributed by atoms with E-state index >= 15 is 0 Å². The van der Waals surface area contributed by atoms with E-state index in [-0.39, 0.29) is 0 Å². The molecule has 1 aliphatic rings. The molecule has 0 unspecified atom stereocenters. The molecule has 152 valence electrons. The Labute approximate surface area is 185 Å². The highest BCUT2D eigenvalue weighted by Gasteiger charge is 2.19. The van der Waals surface area contributed by atoms with E-state index in [1.165, 1.54) is 22.2 Å². The van der Waals surface area contributed by atoms with Crippen molar-refractivity contribution in [3.05, 3.63) is 108 Å². The first-order valence-electron chi connectivity index (χ1n) is 10.9. The Morgan fingerprint density at radius 2 is 1.56 bits per heavy atom. The highest BCUT2D eigenvalue weighted by molar-refractivity contribution is 6.09. The molecule has 4 aromatic carbocycles. The van der Waals surface area contributed by atoms with Crippen LogP contribution in [0.4, 0.5) is 0 Å². The van der Waals surface area contributed by atoms with Crippen LogP contribution >= 0.6 is 0 Å². The summed E-state index contributed by atoms with van der Waals surface area (Å²) in [6.45, 7) is 0.809. The number of nitrogens with one attached hydrogen (secondary N) is 1. The second kappa shape index (κ2) is 6.63. The molecule has 3 nitrogen and oxygen atoms in total. The summed E-state index contributed by atoms with van der Waals surface area (Å²) < 4.78 is 8.68. The molecule has 0 saturated heterocycles. The second-order valence-electron chi connectivity index (χ2n) is 8.26. The Kier molecular flexibility index (Phi) is 3.61. The van der Waals surface area contributed by atoms with Gasteiger partial charge in [0.15, 0.2) is 0 Å². The molecule has 0 radical (unpaired) electrons. The maximum Gasteiger partial charge on any atom is 0.143 e. The van der Waals surface area contributed by atoms with Gasteiger partial charge in [-0.1, -0.05) is 66.7 Å². The number of para-hydroxylation sites is 3. The second-order valence-corrected chi connectivity index (χ2v) is 8.26. The Bertz CT molecular complexity index is 1680. The van der Waals surface area contributed by atoms with Gasteiger partial charge in [-0.15, -0.1) is 0 Å². The van der Waals surface area contributed by atoms with Crippen molar-refractivity contribution in [3.8, 4) is 16.8 Å². The normalized spacial score (nSPS) is 13.0.